The molecule has 0 bridgehead atoms. The number of hydrogen-bond donors (Lipinski definition) is 0. The van der Waals surface area contributed by atoms with E-state index in [-0.39, 0.29) is 5.91 Å². The minimum absolute atomic E-state index is 0.194. The topological polar surface area (TPSA) is 20.3 Å². The molecule has 2 rings (SSSR count). The van der Waals surface area contributed by atoms with E-state index in [4.69, 9.17) is 11.6 Å². The summed E-state index contributed by atoms with van der Waals surface area (Å²) < 4.78 is 0. The first-order valence-electron chi connectivity index (χ1n) is 4.76. The van der Waals surface area contributed by atoms with E-state index in [1.54, 1.807) is 0 Å². The quantitative estimate of drug-likeness (QED) is 0.697. The van der Waals surface area contributed by atoms with Gasteiger partial charge in [0.25, 0.3) is 0 Å². The molecule has 0 aromatic heterocycles. The first kappa shape index (κ1) is 9.53. The molecule has 0 N–H and O–H groups in total. The maximum atomic E-state index is 11.6. The molecule has 1 aromatic carbocycles. The van der Waals surface area contributed by atoms with Gasteiger partial charge in [0.05, 0.1) is 0 Å². The molecule has 14 heavy (non-hydrogen) atoms. The fourth-order valence-electron chi connectivity index (χ4n) is 1.85. The highest BCUT2D eigenvalue weighted by molar-refractivity contribution is 6.30. The van der Waals surface area contributed by atoms with Crippen molar-refractivity contribution in [3.63, 3.8) is 0 Å². The monoisotopic (exact) mass is 209 g/mol. The summed E-state index contributed by atoms with van der Waals surface area (Å²) in [5, 5.41) is 0.675. The molecule has 0 saturated carbocycles. The minimum Gasteiger partial charge on any atom is -0.310 e. The van der Waals surface area contributed by atoms with Crippen molar-refractivity contribution in [1.82, 2.24) is 0 Å². The highest BCUT2D eigenvalue weighted by atomic mass is 35.5. The van der Waals surface area contributed by atoms with Crippen LogP contribution in [0.1, 0.15) is 19.8 Å². The van der Waals surface area contributed by atoms with Crippen LogP contribution in [0.4, 0.5) is 5.69 Å². The number of amides is 1. The Labute approximate surface area is 88.5 Å². The maximum absolute atomic E-state index is 11.6. The predicted octanol–water partition coefficient (Wildman–Crippen LogP) is 2.86. The Morgan fingerprint density at radius 1 is 1.50 bits per heavy atom. The van der Waals surface area contributed by atoms with E-state index in [0.29, 0.717) is 17.5 Å². The largest absolute Gasteiger partial charge is 0.310 e. The van der Waals surface area contributed by atoms with Crippen LogP contribution >= 0.6 is 11.6 Å². The molecule has 0 radical (unpaired) electrons. The van der Waals surface area contributed by atoms with E-state index in [1.807, 2.05) is 29.2 Å². The fourth-order valence-corrected chi connectivity index (χ4v) is 2.04. The van der Waals surface area contributed by atoms with Crippen molar-refractivity contribution in [3.05, 3.63) is 29.3 Å². The molecule has 0 spiro atoms. The van der Waals surface area contributed by atoms with Crippen LogP contribution in [0.3, 0.4) is 0 Å². The van der Waals surface area contributed by atoms with Crippen LogP contribution in [-0.4, -0.2) is 11.9 Å². The lowest BCUT2D eigenvalue weighted by Crippen LogP contribution is -2.30. The molecule has 1 saturated heterocycles. The number of benzene rings is 1. The Bertz CT molecular complexity index is 364. The molecule has 1 aliphatic heterocycles. The Kier molecular flexibility index (Phi) is 2.46. The second-order valence-electron chi connectivity index (χ2n) is 3.63. The van der Waals surface area contributed by atoms with E-state index in [1.165, 1.54) is 0 Å². The van der Waals surface area contributed by atoms with Crippen LogP contribution in [-0.2, 0) is 4.79 Å². The molecule has 1 heterocycles. The first-order chi connectivity index (χ1) is 6.68. The van der Waals surface area contributed by atoms with E-state index in [0.717, 1.165) is 12.1 Å². The highest BCUT2D eigenvalue weighted by Gasteiger charge is 2.28. The summed E-state index contributed by atoms with van der Waals surface area (Å²) in [6.07, 6.45) is 1.58. The van der Waals surface area contributed by atoms with Gasteiger partial charge in [-0.15, -0.1) is 0 Å². The van der Waals surface area contributed by atoms with Crippen molar-refractivity contribution in [2.75, 3.05) is 4.90 Å². The Morgan fingerprint density at radius 3 is 2.86 bits per heavy atom. The van der Waals surface area contributed by atoms with Gasteiger partial charge in [-0.1, -0.05) is 17.7 Å². The minimum atomic E-state index is 0.194. The van der Waals surface area contributed by atoms with Crippen molar-refractivity contribution in [2.24, 2.45) is 0 Å². The third-order valence-corrected chi connectivity index (χ3v) is 2.81. The molecule has 0 aliphatic carbocycles. The van der Waals surface area contributed by atoms with Crippen LogP contribution in [0.15, 0.2) is 24.3 Å². The molecule has 1 unspecified atom stereocenters. The second kappa shape index (κ2) is 3.62. The summed E-state index contributed by atoms with van der Waals surface area (Å²) >= 11 is 5.88. The van der Waals surface area contributed by atoms with Crippen LogP contribution in [0, 0.1) is 0 Å². The lowest BCUT2D eigenvalue weighted by molar-refractivity contribution is -0.117. The summed E-state index contributed by atoms with van der Waals surface area (Å²) in [7, 11) is 0. The van der Waals surface area contributed by atoms with Gasteiger partial charge in [-0.25, -0.2) is 0 Å². The van der Waals surface area contributed by atoms with Crippen molar-refractivity contribution < 1.29 is 4.79 Å². The number of carbonyl (C=O) groups is 1. The van der Waals surface area contributed by atoms with Crippen LogP contribution in [0.5, 0.6) is 0 Å². The number of rotatable bonds is 1. The standard InChI is InChI=1S/C11H12ClNO/c1-8-5-6-11(14)13(8)10-4-2-3-9(12)7-10/h2-4,7-8H,5-6H2,1H3. The van der Waals surface area contributed by atoms with Crippen molar-refractivity contribution in [3.8, 4) is 0 Å². The molecule has 1 aromatic rings. The van der Waals surface area contributed by atoms with Crippen LogP contribution in [0.25, 0.3) is 0 Å². The molecule has 1 amide bonds. The molecule has 1 aliphatic rings. The Balaban J connectivity index is 2.34. The van der Waals surface area contributed by atoms with Gasteiger partial charge in [-0.3, -0.25) is 4.79 Å². The first-order valence-corrected chi connectivity index (χ1v) is 5.14. The number of anilines is 1. The molecule has 3 heteroatoms. The zero-order valence-corrected chi connectivity index (χ0v) is 8.79. The van der Waals surface area contributed by atoms with Gasteiger partial charge in [0.1, 0.15) is 0 Å². The van der Waals surface area contributed by atoms with Gasteiger partial charge in [0, 0.05) is 23.2 Å². The maximum Gasteiger partial charge on any atom is 0.227 e. The van der Waals surface area contributed by atoms with Crippen molar-refractivity contribution in [1.29, 1.82) is 0 Å². The molecular weight excluding hydrogens is 198 g/mol. The number of hydrogen-bond acceptors (Lipinski definition) is 1. The summed E-state index contributed by atoms with van der Waals surface area (Å²) in [5.41, 5.74) is 0.910. The lowest BCUT2D eigenvalue weighted by Gasteiger charge is -2.21. The van der Waals surface area contributed by atoms with E-state index in [9.17, 15) is 4.79 Å². The van der Waals surface area contributed by atoms with Crippen LogP contribution in [0.2, 0.25) is 5.02 Å². The molecular formula is C11H12ClNO. The van der Waals surface area contributed by atoms with Crippen molar-refractivity contribution in [2.45, 2.75) is 25.8 Å². The van der Waals surface area contributed by atoms with Gasteiger partial charge in [-0.05, 0) is 31.5 Å². The summed E-state index contributed by atoms with van der Waals surface area (Å²) in [6.45, 7) is 2.06. The van der Waals surface area contributed by atoms with Gasteiger partial charge < -0.3 is 4.90 Å². The normalized spacial score (nSPS) is 21.7. The van der Waals surface area contributed by atoms with Crippen LogP contribution < -0.4 is 4.90 Å². The van der Waals surface area contributed by atoms with Gasteiger partial charge in [-0.2, -0.15) is 0 Å². The SMILES string of the molecule is CC1CCC(=O)N1c1cccc(Cl)c1. The number of carbonyl (C=O) groups excluding carboxylic acids is 1. The second-order valence-corrected chi connectivity index (χ2v) is 4.07. The van der Waals surface area contributed by atoms with Crippen molar-refractivity contribution >= 4 is 23.2 Å². The lowest BCUT2D eigenvalue weighted by atomic mass is 10.2. The fraction of sp³-hybridized carbons (Fsp3) is 0.364. The molecule has 2 nitrogen and oxygen atoms in total. The van der Waals surface area contributed by atoms with E-state index < -0.39 is 0 Å². The third-order valence-electron chi connectivity index (χ3n) is 2.57. The van der Waals surface area contributed by atoms with E-state index in [2.05, 4.69) is 6.92 Å². The zero-order chi connectivity index (χ0) is 10.1. The van der Waals surface area contributed by atoms with Gasteiger partial charge >= 0.3 is 0 Å². The Hall–Kier alpha value is -1.02. The van der Waals surface area contributed by atoms with E-state index >= 15 is 0 Å². The molecule has 74 valence electrons. The molecule has 1 atom stereocenters. The number of nitrogens with zero attached hydrogens (tertiary/aromatic N) is 1. The average molecular weight is 210 g/mol. The molecule has 1 fully saturated rings. The highest BCUT2D eigenvalue weighted by Crippen LogP contribution is 2.27. The Morgan fingerprint density at radius 2 is 2.29 bits per heavy atom. The number of halogens is 1. The summed E-state index contributed by atoms with van der Waals surface area (Å²) in [4.78, 5) is 13.4. The summed E-state index contributed by atoms with van der Waals surface area (Å²) in [6, 6.07) is 7.74. The van der Waals surface area contributed by atoms with Gasteiger partial charge in [0.15, 0.2) is 0 Å². The average Bonchev–Trinajstić information content (AvgIpc) is 2.46. The summed E-state index contributed by atoms with van der Waals surface area (Å²) in [5.74, 6) is 0.194. The van der Waals surface area contributed by atoms with Gasteiger partial charge in [0.2, 0.25) is 5.91 Å². The third kappa shape index (κ3) is 1.62. The zero-order valence-electron chi connectivity index (χ0n) is 8.03. The predicted molar refractivity (Wildman–Crippen MR) is 57.6 cm³/mol. The smallest absolute Gasteiger partial charge is 0.227 e.